The van der Waals surface area contributed by atoms with Gasteiger partial charge >= 0.3 is 5.97 Å². The molecule has 1 fully saturated rings. The number of carboxylic acids is 1. The van der Waals surface area contributed by atoms with Crippen LogP contribution >= 0.6 is 34.8 Å². The van der Waals surface area contributed by atoms with Crippen LogP contribution in [0.1, 0.15) is 42.9 Å². The monoisotopic (exact) mass is 574 g/mol. The third-order valence-corrected chi connectivity index (χ3v) is 7.90. The van der Waals surface area contributed by atoms with Crippen molar-refractivity contribution >= 4 is 51.7 Å². The van der Waals surface area contributed by atoms with Gasteiger partial charge in [-0.25, -0.2) is 0 Å². The summed E-state index contributed by atoms with van der Waals surface area (Å²) >= 11 is 18.4. The Morgan fingerprint density at radius 1 is 1.18 bits per heavy atom. The van der Waals surface area contributed by atoms with Crippen LogP contribution in [-0.4, -0.2) is 52.8 Å². The Morgan fingerprint density at radius 3 is 2.66 bits per heavy atom. The molecule has 9 heteroatoms. The summed E-state index contributed by atoms with van der Waals surface area (Å²) in [5.74, 6) is 6.18. The number of benzene rings is 2. The number of methoxy groups -OCH3 is 1. The Morgan fingerprint density at radius 2 is 1.95 bits per heavy atom. The van der Waals surface area contributed by atoms with Crippen molar-refractivity contribution in [3.8, 4) is 17.6 Å². The number of hydrogen-bond donors (Lipinski definition) is 2. The highest BCUT2D eigenvalue weighted by atomic mass is 35.5. The van der Waals surface area contributed by atoms with Crippen LogP contribution in [0, 0.1) is 23.7 Å². The molecule has 2 N–H and O–H groups in total. The number of rotatable bonds is 8. The number of hydrogen-bond acceptors (Lipinski definition) is 5. The summed E-state index contributed by atoms with van der Waals surface area (Å²) in [6, 6.07) is 10.7. The van der Waals surface area contributed by atoms with Gasteiger partial charge in [0.2, 0.25) is 0 Å². The molecule has 0 aliphatic carbocycles. The summed E-state index contributed by atoms with van der Waals surface area (Å²) in [6.07, 6.45) is 3.18. The van der Waals surface area contributed by atoms with Crippen molar-refractivity contribution in [1.29, 1.82) is 0 Å². The average molecular weight is 576 g/mol. The Kier molecular flexibility index (Phi) is 9.75. The number of pyridine rings is 1. The van der Waals surface area contributed by atoms with E-state index in [9.17, 15) is 15.0 Å². The van der Waals surface area contributed by atoms with Crippen molar-refractivity contribution in [3.05, 3.63) is 68.8 Å². The maximum absolute atomic E-state index is 11.6. The maximum Gasteiger partial charge on any atom is 0.303 e. The van der Waals surface area contributed by atoms with Crippen molar-refractivity contribution in [3.63, 3.8) is 0 Å². The largest absolute Gasteiger partial charge is 0.497 e. The van der Waals surface area contributed by atoms with Crippen LogP contribution in [0.2, 0.25) is 15.1 Å². The van der Waals surface area contributed by atoms with E-state index in [-0.39, 0.29) is 18.3 Å². The summed E-state index contributed by atoms with van der Waals surface area (Å²) < 4.78 is 5.34. The van der Waals surface area contributed by atoms with E-state index >= 15 is 0 Å². The van der Waals surface area contributed by atoms with Crippen molar-refractivity contribution < 1.29 is 19.7 Å². The zero-order chi connectivity index (χ0) is 27.2. The first kappa shape index (κ1) is 28.5. The molecular weight excluding hydrogens is 547 g/mol. The van der Waals surface area contributed by atoms with Crippen LogP contribution < -0.4 is 4.74 Å². The summed E-state index contributed by atoms with van der Waals surface area (Å²) in [6.45, 7) is 1.90. The molecule has 2 aromatic carbocycles. The van der Waals surface area contributed by atoms with E-state index in [0.717, 1.165) is 35.9 Å². The van der Waals surface area contributed by atoms with Crippen molar-refractivity contribution in [2.45, 2.75) is 31.8 Å². The van der Waals surface area contributed by atoms with Gasteiger partial charge in [0.15, 0.2) is 0 Å². The second-order valence-corrected chi connectivity index (χ2v) is 10.8. The molecule has 0 radical (unpaired) electrons. The third kappa shape index (κ3) is 7.11. The molecule has 1 aliphatic heterocycles. The Bertz CT molecular complexity index is 1350. The van der Waals surface area contributed by atoms with Crippen LogP contribution in [-0.2, 0) is 4.79 Å². The van der Waals surface area contributed by atoms with Gasteiger partial charge in [-0.1, -0.05) is 46.6 Å². The summed E-state index contributed by atoms with van der Waals surface area (Å²) in [5.41, 5.74) is 2.13. The number of nitrogens with zero attached hydrogens (tertiary/aromatic N) is 2. The van der Waals surface area contributed by atoms with Gasteiger partial charge in [0.25, 0.3) is 0 Å². The normalized spacial score (nSPS) is 18.6. The quantitative estimate of drug-likeness (QED) is 0.299. The number of aliphatic carboxylic acids is 1. The second kappa shape index (κ2) is 13.0. The predicted octanol–water partition coefficient (Wildman–Crippen LogP) is 6.48. The molecule has 1 aliphatic rings. The summed E-state index contributed by atoms with van der Waals surface area (Å²) in [4.78, 5) is 18.2. The van der Waals surface area contributed by atoms with Gasteiger partial charge in [0, 0.05) is 29.6 Å². The Labute approximate surface area is 237 Å². The third-order valence-electron chi connectivity index (χ3n) is 7.09. The van der Waals surface area contributed by atoms with E-state index in [0.29, 0.717) is 45.9 Å². The highest BCUT2D eigenvalue weighted by Gasteiger charge is 2.31. The van der Waals surface area contributed by atoms with Gasteiger partial charge in [-0.05, 0) is 79.6 Å². The molecule has 200 valence electrons. The van der Waals surface area contributed by atoms with E-state index in [4.69, 9.17) is 39.5 Å². The molecule has 0 bridgehead atoms. The molecule has 3 aromatic rings. The number of fused-ring (bicyclic) bond motifs is 1. The van der Waals surface area contributed by atoms with E-state index in [1.165, 1.54) is 0 Å². The van der Waals surface area contributed by atoms with Crippen molar-refractivity contribution in [2.75, 3.05) is 26.7 Å². The molecule has 4 rings (SSSR count). The lowest BCUT2D eigenvalue weighted by atomic mass is 9.79. The molecule has 6 nitrogen and oxygen atoms in total. The second-order valence-electron chi connectivity index (χ2n) is 9.56. The molecule has 0 spiro atoms. The first-order chi connectivity index (χ1) is 18.2. The molecule has 0 saturated carbocycles. The minimum atomic E-state index is -0.819. The zero-order valence-electron chi connectivity index (χ0n) is 21.0. The van der Waals surface area contributed by atoms with Gasteiger partial charge in [0.1, 0.15) is 5.75 Å². The minimum Gasteiger partial charge on any atom is -0.497 e. The lowest BCUT2D eigenvalue weighted by molar-refractivity contribution is -0.139. The SMILES string of the molecule is COc1ccc2nccc(C(O)CC[C@@H]3CCN(CC#Cc4c(Cl)cc(Cl)cc4Cl)C[C@@H]3CC(=O)O)c2c1. The molecular formula is C29H29Cl3N2O4. The fourth-order valence-electron chi connectivity index (χ4n) is 5.13. The number of ether oxygens (including phenoxy) is 1. The van der Waals surface area contributed by atoms with Gasteiger partial charge in [0.05, 0.1) is 40.9 Å². The van der Waals surface area contributed by atoms with Crippen LogP contribution in [0.25, 0.3) is 10.9 Å². The predicted molar refractivity (Wildman–Crippen MR) is 151 cm³/mol. The smallest absolute Gasteiger partial charge is 0.303 e. The van der Waals surface area contributed by atoms with Gasteiger partial charge in [-0.15, -0.1) is 0 Å². The lowest BCUT2D eigenvalue weighted by Crippen LogP contribution is -2.41. The van der Waals surface area contributed by atoms with Gasteiger partial charge < -0.3 is 14.9 Å². The number of aromatic nitrogens is 1. The Balaban J connectivity index is 1.40. The topological polar surface area (TPSA) is 82.9 Å². The maximum atomic E-state index is 11.6. The number of carboxylic acid groups (broad SMARTS) is 1. The van der Waals surface area contributed by atoms with E-state index in [1.54, 1.807) is 25.4 Å². The molecule has 0 amide bonds. The van der Waals surface area contributed by atoms with Crippen LogP contribution in [0.15, 0.2) is 42.6 Å². The number of aliphatic hydroxyl groups is 1. The highest BCUT2D eigenvalue weighted by Crippen LogP contribution is 2.35. The van der Waals surface area contributed by atoms with Crippen LogP contribution in [0.3, 0.4) is 0 Å². The molecule has 38 heavy (non-hydrogen) atoms. The van der Waals surface area contributed by atoms with Crippen molar-refractivity contribution in [1.82, 2.24) is 9.88 Å². The zero-order valence-corrected chi connectivity index (χ0v) is 23.2. The number of likely N-dealkylation sites (tertiary alicyclic amines) is 1. The van der Waals surface area contributed by atoms with Crippen LogP contribution in [0.5, 0.6) is 5.75 Å². The molecule has 2 heterocycles. The first-order valence-electron chi connectivity index (χ1n) is 12.4. The fourth-order valence-corrected chi connectivity index (χ4v) is 6.04. The van der Waals surface area contributed by atoms with E-state index in [1.807, 2.05) is 24.3 Å². The fraction of sp³-hybridized carbons (Fsp3) is 0.379. The lowest BCUT2D eigenvalue weighted by Gasteiger charge is -2.37. The van der Waals surface area contributed by atoms with E-state index in [2.05, 4.69) is 21.7 Å². The Hall–Kier alpha value is -2.53. The van der Waals surface area contributed by atoms with Crippen molar-refractivity contribution in [2.24, 2.45) is 11.8 Å². The molecule has 1 unspecified atom stereocenters. The molecule has 3 atom stereocenters. The molecule has 1 saturated heterocycles. The minimum absolute atomic E-state index is 0.0350. The standard InChI is InChI=1S/C29H29Cl3N2O4/c1-38-21-5-6-27-24(16-21)22(8-10-33-27)28(35)7-4-18-9-12-34(17-19(18)13-29(36)37)11-2-3-23-25(31)14-20(30)15-26(23)32/h5-6,8,10,14-16,18-19,28,35H,4,7,9,11-13,17H2,1H3,(H,36,37)/t18-,19+,28?/m1/s1. The first-order valence-corrected chi connectivity index (χ1v) is 13.6. The number of halogens is 3. The number of piperidine rings is 1. The summed E-state index contributed by atoms with van der Waals surface area (Å²) in [5, 5.41) is 22.7. The van der Waals surface area contributed by atoms with Crippen LogP contribution in [0.4, 0.5) is 0 Å². The highest BCUT2D eigenvalue weighted by molar-refractivity contribution is 6.39. The number of aliphatic hydroxyl groups excluding tert-OH is 1. The van der Waals surface area contributed by atoms with Gasteiger partial charge in [-0.2, -0.15) is 0 Å². The molecule has 1 aromatic heterocycles. The van der Waals surface area contributed by atoms with Gasteiger partial charge in [-0.3, -0.25) is 14.7 Å². The number of carbonyl (C=O) groups is 1. The average Bonchev–Trinajstić information content (AvgIpc) is 2.88. The summed E-state index contributed by atoms with van der Waals surface area (Å²) in [7, 11) is 1.61. The van der Waals surface area contributed by atoms with E-state index < -0.39 is 12.1 Å².